The molecule has 3 aromatic rings. The molecule has 30 heavy (non-hydrogen) atoms. The lowest BCUT2D eigenvalue weighted by Gasteiger charge is -2.28. The number of H-pyrrole nitrogens is 1. The fraction of sp³-hybridized carbons (Fsp3) is 0.318. The lowest BCUT2D eigenvalue weighted by Crippen LogP contribution is -2.30. The number of halogens is 1. The van der Waals surface area contributed by atoms with Gasteiger partial charge >= 0.3 is 0 Å². The maximum atomic E-state index is 13.6. The third-order valence-electron chi connectivity index (χ3n) is 5.14. The summed E-state index contributed by atoms with van der Waals surface area (Å²) in [4.78, 5) is 19.6. The molecule has 2 aromatic heterocycles. The first-order valence-electron chi connectivity index (χ1n) is 9.67. The number of nitrogens with zero attached hydrogens (tertiary/aromatic N) is 3. The third kappa shape index (κ3) is 3.45. The molecule has 1 aliphatic heterocycles. The molecule has 4 rings (SSSR count). The highest BCUT2D eigenvalue weighted by Gasteiger charge is 2.44. The fourth-order valence-electron chi connectivity index (χ4n) is 3.88. The van der Waals surface area contributed by atoms with Crippen molar-refractivity contribution < 1.29 is 14.3 Å². The second kappa shape index (κ2) is 8.10. The van der Waals surface area contributed by atoms with Gasteiger partial charge in [0.2, 0.25) is 0 Å². The van der Waals surface area contributed by atoms with E-state index >= 15 is 0 Å². The van der Waals surface area contributed by atoms with Gasteiger partial charge in [0.1, 0.15) is 17.2 Å². The quantitative estimate of drug-likeness (QED) is 0.572. The number of pyridine rings is 1. The number of benzene rings is 1. The second-order valence-corrected chi connectivity index (χ2v) is 8.52. The molecular weight excluding hydrogens is 448 g/mol. The zero-order chi connectivity index (χ0) is 21.4. The summed E-state index contributed by atoms with van der Waals surface area (Å²) >= 11 is 3.51. The minimum Gasteiger partial charge on any atom is -0.497 e. The Morgan fingerprint density at radius 3 is 2.67 bits per heavy atom. The van der Waals surface area contributed by atoms with Gasteiger partial charge < -0.3 is 9.47 Å². The van der Waals surface area contributed by atoms with Gasteiger partial charge in [0.25, 0.3) is 5.91 Å². The minimum absolute atomic E-state index is 0.163. The molecule has 0 bridgehead atoms. The van der Waals surface area contributed by atoms with Crippen LogP contribution in [-0.2, 0) is 6.42 Å². The van der Waals surface area contributed by atoms with Crippen LogP contribution >= 0.6 is 15.9 Å². The first-order valence-corrected chi connectivity index (χ1v) is 10.5. The van der Waals surface area contributed by atoms with Gasteiger partial charge in [0.05, 0.1) is 31.6 Å². The van der Waals surface area contributed by atoms with Crippen molar-refractivity contribution in [3.8, 4) is 11.5 Å². The molecule has 7 nitrogen and oxygen atoms in total. The lowest BCUT2D eigenvalue weighted by atomic mass is 9.96. The average molecular weight is 471 g/mol. The van der Waals surface area contributed by atoms with Crippen LogP contribution in [0.4, 0.5) is 5.69 Å². The Morgan fingerprint density at radius 2 is 2.00 bits per heavy atom. The van der Waals surface area contributed by atoms with Gasteiger partial charge in [-0.05, 0) is 52.0 Å². The molecule has 0 spiro atoms. The van der Waals surface area contributed by atoms with E-state index in [9.17, 15) is 4.79 Å². The zero-order valence-electron chi connectivity index (χ0n) is 17.3. The van der Waals surface area contributed by atoms with Gasteiger partial charge in [-0.25, -0.2) is 0 Å². The van der Waals surface area contributed by atoms with Crippen LogP contribution in [0, 0.1) is 5.92 Å². The molecule has 1 aliphatic rings. The summed E-state index contributed by atoms with van der Waals surface area (Å²) in [6, 6.07) is 7.02. The summed E-state index contributed by atoms with van der Waals surface area (Å²) in [5.41, 5.74) is 3.79. The number of hydrogen-bond acceptors (Lipinski definition) is 5. The Labute approximate surface area is 183 Å². The van der Waals surface area contributed by atoms with Crippen LogP contribution < -0.4 is 14.4 Å². The Morgan fingerprint density at radius 1 is 1.20 bits per heavy atom. The van der Waals surface area contributed by atoms with Crippen molar-refractivity contribution >= 4 is 27.5 Å². The number of aromatic amines is 1. The molecule has 0 radical (unpaired) electrons. The Hall–Kier alpha value is -2.87. The number of fused-ring (bicyclic) bond motifs is 1. The predicted octanol–water partition coefficient (Wildman–Crippen LogP) is 4.53. The Kier molecular flexibility index (Phi) is 5.51. The number of carbonyl (C=O) groups excluding carboxylic acids is 1. The van der Waals surface area contributed by atoms with Crippen LogP contribution in [-0.4, -0.2) is 35.3 Å². The summed E-state index contributed by atoms with van der Waals surface area (Å²) in [5, 5.41) is 7.45. The predicted molar refractivity (Wildman–Crippen MR) is 117 cm³/mol. The number of ether oxygens (including phenoxy) is 2. The van der Waals surface area contributed by atoms with Gasteiger partial charge in [0, 0.05) is 28.5 Å². The zero-order valence-corrected chi connectivity index (χ0v) is 18.9. The molecule has 8 heteroatoms. The van der Waals surface area contributed by atoms with Crippen molar-refractivity contribution in [3.63, 3.8) is 0 Å². The van der Waals surface area contributed by atoms with Gasteiger partial charge in [-0.1, -0.05) is 13.8 Å². The maximum Gasteiger partial charge on any atom is 0.277 e. The molecule has 156 valence electrons. The topological polar surface area (TPSA) is 80.3 Å². The number of amides is 1. The van der Waals surface area contributed by atoms with E-state index in [-0.39, 0.29) is 11.9 Å². The Bertz CT molecular complexity index is 1100. The van der Waals surface area contributed by atoms with E-state index in [1.165, 1.54) is 0 Å². The molecule has 0 fully saturated rings. The highest BCUT2D eigenvalue weighted by Crippen LogP contribution is 2.46. The molecule has 0 saturated carbocycles. The van der Waals surface area contributed by atoms with Crippen molar-refractivity contribution in [2.75, 3.05) is 19.1 Å². The van der Waals surface area contributed by atoms with Crippen molar-refractivity contribution in [1.29, 1.82) is 0 Å². The van der Waals surface area contributed by atoms with E-state index in [1.807, 2.05) is 18.2 Å². The molecule has 1 N–H and O–H groups in total. The van der Waals surface area contributed by atoms with Gasteiger partial charge in [0.15, 0.2) is 0 Å². The van der Waals surface area contributed by atoms with Crippen LogP contribution in [0.2, 0.25) is 0 Å². The summed E-state index contributed by atoms with van der Waals surface area (Å²) in [6.07, 6.45) is 4.27. The van der Waals surface area contributed by atoms with Crippen molar-refractivity contribution in [3.05, 3.63) is 63.6 Å². The number of nitrogens with one attached hydrogen (secondary N) is 1. The molecule has 3 heterocycles. The van der Waals surface area contributed by atoms with Crippen molar-refractivity contribution in [2.24, 2.45) is 5.92 Å². The highest BCUT2D eigenvalue weighted by atomic mass is 79.9. The minimum atomic E-state index is -0.383. The molecule has 1 atom stereocenters. The fourth-order valence-corrected chi connectivity index (χ4v) is 4.26. The average Bonchev–Trinajstić information content (AvgIpc) is 3.25. The van der Waals surface area contributed by atoms with E-state index in [4.69, 9.17) is 9.47 Å². The van der Waals surface area contributed by atoms with Crippen LogP contribution in [0.15, 0.2) is 41.1 Å². The van der Waals surface area contributed by atoms with Crippen LogP contribution in [0.25, 0.3) is 0 Å². The molecular formula is C22H23BrN4O3. The monoisotopic (exact) mass is 470 g/mol. The standard InChI is InChI=1S/C22H23BrN4O3/c1-12(2)7-16-19-20(26-25-16)22(28)27(21(19)13-8-14(23)11-24-10-13)17-9-15(29-3)5-6-18(17)30-4/h5-6,8-12,21H,7H2,1-4H3,(H,25,26). The van der Waals surface area contributed by atoms with E-state index < -0.39 is 0 Å². The SMILES string of the molecule is COc1ccc(OC)c(N2C(=O)c3[nH]nc(CC(C)C)c3C2c2cncc(Br)c2)c1. The molecule has 1 amide bonds. The van der Waals surface area contributed by atoms with Crippen LogP contribution in [0.3, 0.4) is 0 Å². The van der Waals surface area contributed by atoms with Gasteiger partial charge in [-0.3, -0.25) is 19.8 Å². The highest BCUT2D eigenvalue weighted by molar-refractivity contribution is 9.10. The number of aromatic nitrogens is 3. The summed E-state index contributed by atoms with van der Waals surface area (Å²) in [5.74, 6) is 1.46. The summed E-state index contributed by atoms with van der Waals surface area (Å²) < 4.78 is 11.8. The number of methoxy groups -OCH3 is 2. The maximum absolute atomic E-state index is 13.6. The summed E-state index contributed by atoms with van der Waals surface area (Å²) in [6.45, 7) is 4.27. The normalized spacial score (nSPS) is 15.6. The second-order valence-electron chi connectivity index (χ2n) is 7.61. The third-order valence-corrected chi connectivity index (χ3v) is 5.57. The van der Waals surface area contributed by atoms with E-state index in [1.54, 1.807) is 37.6 Å². The Balaban J connectivity index is 1.94. The number of anilines is 1. The van der Waals surface area contributed by atoms with Gasteiger partial charge in [-0.2, -0.15) is 5.10 Å². The first kappa shape index (κ1) is 20.4. The van der Waals surface area contributed by atoms with Crippen molar-refractivity contribution in [1.82, 2.24) is 15.2 Å². The number of carbonyl (C=O) groups is 1. The molecule has 1 unspecified atom stereocenters. The smallest absolute Gasteiger partial charge is 0.277 e. The van der Waals surface area contributed by atoms with E-state index in [2.05, 4.69) is 45.0 Å². The van der Waals surface area contributed by atoms with Crippen molar-refractivity contribution in [2.45, 2.75) is 26.3 Å². The van der Waals surface area contributed by atoms with Crippen LogP contribution in [0.1, 0.15) is 47.2 Å². The van der Waals surface area contributed by atoms with Gasteiger partial charge in [-0.15, -0.1) is 0 Å². The summed E-state index contributed by atoms with van der Waals surface area (Å²) in [7, 11) is 3.19. The van der Waals surface area contributed by atoms with E-state index in [0.717, 1.165) is 27.7 Å². The molecule has 1 aromatic carbocycles. The number of hydrogen-bond donors (Lipinski definition) is 1. The number of rotatable bonds is 6. The molecule has 0 aliphatic carbocycles. The van der Waals surface area contributed by atoms with Crippen LogP contribution in [0.5, 0.6) is 11.5 Å². The first-order chi connectivity index (χ1) is 14.4. The molecule has 0 saturated heterocycles. The lowest BCUT2D eigenvalue weighted by molar-refractivity contribution is 0.0988. The van der Waals surface area contributed by atoms with E-state index in [0.29, 0.717) is 28.8 Å². The largest absolute Gasteiger partial charge is 0.497 e.